The normalized spacial score (nSPS) is 17.5. The van der Waals surface area contributed by atoms with E-state index < -0.39 is 5.97 Å². The third-order valence-corrected chi connectivity index (χ3v) is 7.23. The van der Waals surface area contributed by atoms with Crippen molar-refractivity contribution < 1.29 is 24.2 Å². The number of aliphatic carboxylic acids is 1. The fourth-order valence-electron chi connectivity index (χ4n) is 4.26. The Hall–Kier alpha value is -3.45. The molecule has 0 bridgehead atoms. The highest BCUT2D eigenvalue weighted by Gasteiger charge is 2.26. The maximum absolute atomic E-state index is 12.5. The molecule has 1 amide bonds. The van der Waals surface area contributed by atoms with Crippen LogP contribution in [-0.2, 0) is 4.79 Å². The molecule has 3 aromatic rings. The van der Waals surface area contributed by atoms with E-state index in [-0.39, 0.29) is 23.7 Å². The lowest BCUT2D eigenvalue weighted by Crippen LogP contribution is -2.27. The summed E-state index contributed by atoms with van der Waals surface area (Å²) >= 11 is 1.41. The minimum atomic E-state index is -0.727. The van der Waals surface area contributed by atoms with Gasteiger partial charge in [0.15, 0.2) is 5.78 Å². The molecule has 35 heavy (non-hydrogen) atoms. The van der Waals surface area contributed by atoms with Crippen LogP contribution in [0.2, 0.25) is 0 Å². The van der Waals surface area contributed by atoms with Gasteiger partial charge >= 0.3 is 5.97 Å². The molecule has 0 radical (unpaired) electrons. The molecule has 6 nitrogen and oxygen atoms in total. The zero-order valence-electron chi connectivity index (χ0n) is 19.4. The Balaban J connectivity index is 1.18. The number of carboxylic acid groups (broad SMARTS) is 1. The monoisotopic (exact) mass is 491 g/mol. The van der Waals surface area contributed by atoms with E-state index in [0.29, 0.717) is 48.4 Å². The first-order valence-electron chi connectivity index (χ1n) is 11.9. The third-order valence-electron chi connectivity index (χ3n) is 6.30. The molecule has 182 valence electrons. The van der Waals surface area contributed by atoms with Crippen LogP contribution >= 0.6 is 11.3 Å². The van der Waals surface area contributed by atoms with E-state index in [4.69, 9.17) is 9.84 Å². The summed E-state index contributed by atoms with van der Waals surface area (Å²) in [5.41, 5.74) is 2.72. The molecule has 0 saturated heterocycles. The van der Waals surface area contributed by atoms with Gasteiger partial charge < -0.3 is 15.2 Å². The summed E-state index contributed by atoms with van der Waals surface area (Å²) in [6.07, 6.45) is 3.64. The van der Waals surface area contributed by atoms with Gasteiger partial charge in [-0.25, -0.2) is 0 Å². The molecule has 0 unspecified atom stereocenters. The average molecular weight is 492 g/mol. The molecule has 1 fully saturated rings. The number of nitrogens with one attached hydrogen (secondary N) is 1. The Labute approximate surface area is 209 Å². The predicted octanol–water partition coefficient (Wildman–Crippen LogP) is 5.83. The topological polar surface area (TPSA) is 92.7 Å². The fourth-order valence-corrected chi connectivity index (χ4v) is 5.09. The van der Waals surface area contributed by atoms with E-state index in [1.54, 1.807) is 24.3 Å². The van der Waals surface area contributed by atoms with Gasteiger partial charge in [0.2, 0.25) is 0 Å². The van der Waals surface area contributed by atoms with E-state index in [2.05, 4.69) is 5.32 Å². The molecule has 0 atom stereocenters. The van der Waals surface area contributed by atoms with E-state index in [9.17, 15) is 14.4 Å². The van der Waals surface area contributed by atoms with Gasteiger partial charge in [0.05, 0.1) is 16.9 Å². The number of hydrogen-bond donors (Lipinski definition) is 2. The molecule has 2 N–H and O–H groups in total. The summed E-state index contributed by atoms with van der Waals surface area (Å²) in [5, 5.41) is 14.0. The maximum atomic E-state index is 12.5. The maximum Gasteiger partial charge on any atom is 0.306 e. The van der Waals surface area contributed by atoms with E-state index in [1.165, 1.54) is 11.3 Å². The molecular weight excluding hydrogens is 462 g/mol. The Morgan fingerprint density at radius 2 is 1.66 bits per heavy atom. The molecule has 2 aromatic carbocycles. The molecule has 1 aliphatic carbocycles. The number of carbonyl (C=O) groups excluding carboxylic acids is 2. The number of Topliss-reactive ketones (excluding diaryl/α,β-unsaturated/α-hetero) is 1. The third kappa shape index (κ3) is 6.79. The lowest BCUT2D eigenvalue weighted by molar-refractivity contribution is -0.143. The molecule has 0 spiro atoms. The first-order chi connectivity index (χ1) is 17.0. The van der Waals surface area contributed by atoms with Crippen LogP contribution in [0.3, 0.4) is 0 Å². The number of carbonyl (C=O) groups is 3. The zero-order valence-corrected chi connectivity index (χ0v) is 20.3. The van der Waals surface area contributed by atoms with Gasteiger partial charge in [-0.05, 0) is 78.9 Å². The van der Waals surface area contributed by atoms with Crippen LogP contribution in [0.5, 0.6) is 5.75 Å². The van der Waals surface area contributed by atoms with Crippen molar-refractivity contribution >= 4 is 29.0 Å². The number of benzene rings is 2. The smallest absolute Gasteiger partial charge is 0.306 e. The summed E-state index contributed by atoms with van der Waals surface area (Å²) < 4.78 is 5.96. The highest BCUT2D eigenvalue weighted by Crippen LogP contribution is 2.28. The van der Waals surface area contributed by atoms with Crippen LogP contribution in [0.4, 0.5) is 0 Å². The summed E-state index contributed by atoms with van der Waals surface area (Å²) in [7, 11) is 0. The first kappa shape index (κ1) is 24.7. The fraction of sp³-hybridized carbons (Fsp3) is 0.321. The zero-order chi connectivity index (χ0) is 24.6. The van der Waals surface area contributed by atoms with E-state index in [1.807, 2.05) is 41.8 Å². The molecule has 1 saturated carbocycles. The van der Waals surface area contributed by atoms with Crippen molar-refractivity contribution in [3.63, 3.8) is 0 Å². The number of ketones is 1. The Morgan fingerprint density at radius 3 is 2.34 bits per heavy atom. The minimum Gasteiger partial charge on any atom is -0.490 e. The van der Waals surface area contributed by atoms with Crippen molar-refractivity contribution in [2.75, 3.05) is 6.54 Å². The van der Waals surface area contributed by atoms with Crippen molar-refractivity contribution in [2.24, 2.45) is 5.92 Å². The van der Waals surface area contributed by atoms with Crippen molar-refractivity contribution in [2.45, 2.75) is 44.6 Å². The standard InChI is InChI=1S/C28H29NO5S/c30-25(20-8-12-23(13-9-20)34-24-14-10-21(11-15-24)28(32)33)7-4-16-29-27(31)26-17-22(18-35-26)19-5-2-1-3-6-19/h1-3,5-6,8-9,12-13,17-18,21,24H,4,7,10-11,14-16H2,(H,29,31)(H,32,33). The second-order valence-electron chi connectivity index (χ2n) is 8.80. The number of amides is 1. The summed E-state index contributed by atoms with van der Waals surface area (Å²) in [6.45, 7) is 0.434. The van der Waals surface area contributed by atoms with Crippen LogP contribution in [0.25, 0.3) is 11.1 Å². The van der Waals surface area contributed by atoms with Gasteiger partial charge in [0, 0.05) is 18.5 Å². The van der Waals surface area contributed by atoms with Gasteiger partial charge in [-0.1, -0.05) is 30.3 Å². The van der Waals surface area contributed by atoms with Crippen molar-refractivity contribution in [3.8, 4) is 16.9 Å². The van der Waals surface area contributed by atoms with Crippen molar-refractivity contribution in [1.29, 1.82) is 0 Å². The molecule has 4 rings (SSSR count). The molecule has 1 heterocycles. The van der Waals surface area contributed by atoms with Gasteiger partial charge in [-0.3, -0.25) is 14.4 Å². The van der Waals surface area contributed by atoms with Crippen LogP contribution in [0, 0.1) is 5.92 Å². The quantitative estimate of drug-likeness (QED) is 0.275. The van der Waals surface area contributed by atoms with Gasteiger partial charge in [-0.2, -0.15) is 0 Å². The number of thiophene rings is 1. The highest BCUT2D eigenvalue weighted by atomic mass is 32.1. The van der Waals surface area contributed by atoms with Gasteiger partial charge in [0.1, 0.15) is 5.75 Å². The molecule has 1 aromatic heterocycles. The van der Waals surface area contributed by atoms with Crippen LogP contribution in [-0.4, -0.2) is 35.4 Å². The van der Waals surface area contributed by atoms with Crippen LogP contribution in [0.1, 0.15) is 58.6 Å². The number of hydrogen-bond acceptors (Lipinski definition) is 5. The second kappa shape index (κ2) is 11.8. The Bertz CT molecular complexity index is 1150. The highest BCUT2D eigenvalue weighted by molar-refractivity contribution is 7.12. The molecule has 1 aliphatic rings. The number of ether oxygens (including phenoxy) is 1. The Kier molecular flexibility index (Phi) is 8.32. The minimum absolute atomic E-state index is 0.0166. The number of rotatable bonds is 10. The van der Waals surface area contributed by atoms with Crippen LogP contribution in [0.15, 0.2) is 66.0 Å². The predicted molar refractivity (Wildman–Crippen MR) is 136 cm³/mol. The second-order valence-corrected chi connectivity index (χ2v) is 9.71. The average Bonchev–Trinajstić information content (AvgIpc) is 3.38. The summed E-state index contributed by atoms with van der Waals surface area (Å²) in [5.74, 6) is -0.400. The summed E-state index contributed by atoms with van der Waals surface area (Å²) in [4.78, 5) is 36.7. The summed E-state index contributed by atoms with van der Waals surface area (Å²) in [6, 6.07) is 18.9. The van der Waals surface area contributed by atoms with Gasteiger partial charge in [0.25, 0.3) is 5.91 Å². The largest absolute Gasteiger partial charge is 0.490 e. The molecular formula is C28H29NO5S. The van der Waals surface area contributed by atoms with Gasteiger partial charge in [-0.15, -0.1) is 11.3 Å². The SMILES string of the molecule is O=C(CCCNC(=O)c1cc(-c2ccccc2)cs1)c1ccc(OC2CCC(C(=O)O)CC2)cc1. The van der Waals surface area contributed by atoms with E-state index >= 15 is 0 Å². The Morgan fingerprint density at radius 1 is 0.943 bits per heavy atom. The first-order valence-corrected chi connectivity index (χ1v) is 12.8. The lowest BCUT2D eigenvalue weighted by Gasteiger charge is -2.26. The van der Waals surface area contributed by atoms with Crippen LogP contribution < -0.4 is 10.1 Å². The molecule has 0 aliphatic heterocycles. The van der Waals surface area contributed by atoms with Crippen molar-refractivity contribution in [3.05, 3.63) is 76.5 Å². The molecule has 7 heteroatoms. The van der Waals surface area contributed by atoms with Crippen molar-refractivity contribution in [1.82, 2.24) is 5.32 Å². The lowest BCUT2D eigenvalue weighted by atomic mass is 9.87. The van der Waals surface area contributed by atoms with E-state index in [0.717, 1.165) is 24.0 Å². The number of carboxylic acids is 1.